The molecule has 2 aromatic rings. The lowest BCUT2D eigenvalue weighted by Gasteiger charge is -2.24. The van der Waals surface area contributed by atoms with E-state index in [9.17, 15) is 5.11 Å². The lowest BCUT2D eigenvalue weighted by atomic mass is 9.99. The molecule has 1 N–H and O–H groups in total. The second-order valence-electron chi connectivity index (χ2n) is 4.36. The fraction of sp³-hybridized carbons (Fsp3) is 0.385. The van der Waals surface area contributed by atoms with Crippen LogP contribution in [0.3, 0.4) is 0 Å². The summed E-state index contributed by atoms with van der Waals surface area (Å²) in [5, 5.41) is 13.8. The quantitative estimate of drug-likeness (QED) is 0.871. The Morgan fingerprint density at radius 3 is 2.83 bits per heavy atom. The van der Waals surface area contributed by atoms with Crippen molar-refractivity contribution in [3.05, 3.63) is 36.2 Å². The largest absolute Gasteiger partial charge is 0.392 e. The van der Waals surface area contributed by atoms with Crippen molar-refractivity contribution in [2.75, 3.05) is 13.2 Å². The van der Waals surface area contributed by atoms with E-state index in [0.29, 0.717) is 31.3 Å². The lowest BCUT2D eigenvalue weighted by Crippen LogP contribution is -2.30. The van der Waals surface area contributed by atoms with Gasteiger partial charge in [0.1, 0.15) is 0 Å². The van der Waals surface area contributed by atoms with Crippen LogP contribution in [0, 0.1) is 0 Å². The van der Waals surface area contributed by atoms with Crippen LogP contribution in [0.15, 0.2) is 34.9 Å². The summed E-state index contributed by atoms with van der Waals surface area (Å²) >= 11 is 0. The molecule has 1 fully saturated rings. The Morgan fingerprint density at radius 1 is 1.22 bits per heavy atom. The SMILES string of the molecule is OC1CCOCC1c1nc(-c2ccccc2)no1. The van der Waals surface area contributed by atoms with E-state index in [1.807, 2.05) is 30.3 Å². The van der Waals surface area contributed by atoms with Gasteiger partial charge in [0.05, 0.1) is 18.6 Å². The maximum Gasteiger partial charge on any atom is 0.235 e. The molecule has 0 bridgehead atoms. The van der Waals surface area contributed by atoms with Crippen LogP contribution in [0.5, 0.6) is 0 Å². The molecule has 0 spiro atoms. The molecule has 1 aromatic heterocycles. The van der Waals surface area contributed by atoms with E-state index in [1.165, 1.54) is 0 Å². The Bertz CT molecular complexity index is 512. The first-order valence-electron chi connectivity index (χ1n) is 5.99. The van der Waals surface area contributed by atoms with Gasteiger partial charge in [0.2, 0.25) is 11.7 Å². The molecule has 1 aromatic carbocycles. The van der Waals surface area contributed by atoms with Gasteiger partial charge in [-0.25, -0.2) is 0 Å². The lowest BCUT2D eigenvalue weighted by molar-refractivity contribution is -0.0149. The van der Waals surface area contributed by atoms with E-state index >= 15 is 0 Å². The van der Waals surface area contributed by atoms with Crippen molar-refractivity contribution < 1.29 is 14.4 Å². The van der Waals surface area contributed by atoms with E-state index in [0.717, 1.165) is 5.56 Å². The Labute approximate surface area is 104 Å². The molecule has 5 nitrogen and oxygen atoms in total. The van der Waals surface area contributed by atoms with Gasteiger partial charge >= 0.3 is 0 Å². The minimum Gasteiger partial charge on any atom is -0.392 e. The average Bonchev–Trinajstić information content (AvgIpc) is 2.90. The summed E-state index contributed by atoms with van der Waals surface area (Å²) in [6.45, 7) is 1.01. The van der Waals surface area contributed by atoms with Crippen molar-refractivity contribution in [1.29, 1.82) is 0 Å². The first kappa shape index (κ1) is 11.4. The number of nitrogens with zero attached hydrogens (tertiary/aromatic N) is 2. The van der Waals surface area contributed by atoms with Crippen molar-refractivity contribution in [2.24, 2.45) is 0 Å². The molecular formula is C13H14N2O3. The van der Waals surface area contributed by atoms with Gasteiger partial charge in [-0.05, 0) is 6.42 Å². The highest BCUT2D eigenvalue weighted by Crippen LogP contribution is 2.26. The molecule has 2 atom stereocenters. The van der Waals surface area contributed by atoms with Crippen LogP contribution in [0.4, 0.5) is 0 Å². The first-order valence-corrected chi connectivity index (χ1v) is 5.99. The predicted octanol–water partition coefficient (Wildman–Crippen LogP) is 1.60. The minimum atomic E-state index is -0.470. The van der Waals surface area contributed by atoms with Gasteiger partial charge in [0.15, 0.2) is 0 Å². The summed E-state index contributed by atoms with van der Waals surface area (Å²) < 4.78 is 10.6. The summed E-state index contributed by atoms with van der Waals surface area (Å²) in [5.41, 5.74) is 0.902. The van der Waals surface area contributed by atoms with Crippen LogP contribution in [-0.4, -0.2) is 34.6 Å². The van der Waals surface area contributed by atoms with Crippen molar-refractivity contribution >= 4 is 0 Å². The highest BCUT2D eigenvalue weighted by molar-refractivity contribution is 5.53. The second-order valence-corrected chi connectivity index (χ2v) is 4.36. The molecule has 2 unspecified atom stereocenters. The minimum absolute atomic E-state index is 0.219. The molecule has 0 amide bonds. The van der Waals surface area contributed by atoms with Gasteiger partial charge in [-0.15, -0.1) is 0 Å². The first-order chi connectivity index (χ1) is 8.84. The highest BCUT2D eigenvalue weighted by atomic mass is 16.5. The van der Waals surface area contributed by atoms with Crippen molar-refractivity contribution in [2.45, 2.75) is 18.4 Å². The molecule has 1 aliphatic rings. The topological polar surface area (TPSA) is 68.4 Å². The van der Waals surface area contributed by atoms with Gasteiger partial charge in [0, 0.05) is 12.2 Å². The van der Waals surface area contributed by atoms with Gasteiger partial charge < -0.3 is 14.4 Å². The third kappa shape index (κ3) is 2.14. The molecule has 18 heavy (non-hydrogen) atoms. The van der Waals surface area contributed by atoms with Crippen LogP contribution in [0.1, 0.15) is 18.2 Å². The van der Waals surface area contributed by atoms with E-state index in [2.05, 4.69) is 10.1 Å². The Balaban J connectivity index is 1.85. The highest BCUT2D eigenvalue weighted by Gasteiger charge is 2.30. The third-order valence-corrected chi connectivity index (χ3v) is 3.11. The van der Waals surface area contributed by atoms with Crippen LogP contribution in [-0.2, 0) is 4.74 Å². The van der Waals surface area contributed by atoms with Crippen LogP contribution >= 0.6 is 0 Å². The molecule has 3 rings (SSSR count). The predicted molar refractivity (Wildman–Crippen MR) is 63.9 cm³/mol. The number of aromatic nitrogens is 2. The van der Waals surface area contributed by atoms with E-state index in [-0.39, 0.29) is 5.92 Å². The maximum absolute atomic E-state index is 9.89. The normalized spacial score (nSPS) is 24.1. The third-order valence-electron chi connectivity index (χ3n) is 3.11. The summed E-state index contributed by atoms with van der Waals surface area (Å²) in [6.07, 6.45) is 0.135. The molecule has 0 radical (unpaired) electrons. The molecule has 5 heteroatoms. The number of benzene rings is 1. The van der Waals surface area contributed by atoms with E-state index < -0.39 is 6.10 Å². The van der Waals surface area contributed by atoms with Gasteiger partial charge in [0.25, 0.3) is 0 Å². The number of aliphatic hydroxyl groups excluding tert-OH is 1. The monoisotopic (exact) mass is 246 g/mol. The van der Waals surface area contributed by atoms with Crippen molar-refractivity contribution in [3.8, 4) is 11.4 Å². The zero-order chi connectivity index (χ0) is 12.4. The smallest absolute Gasteiger partial charge is 0.235 e. The number of ether oxygens (including phenoxy) is 1. The average molecular weight is 246 g/mol. The number of rotatable bonds is 2. The van der Waals surface area contributed by atoms with Crippen molar-refractivity contribution in [3.63, 3.8) is 0 Å². The van der Waals surface area contributed by atoms with Crippen LogP contribution in [0.25, 0.3) is 11.4 Å². The Morgan fingerprint density at radius 2 is 2.06 bits per heavy atom. The zero-order valence-electron chi connectivity index (χ0n) is 9.82. The number of hydrogen-bond acceptors (Lipinski definition) is 5. The molecule has 2 heterocycles. The summed E-state index contributed by atoms with van der Waals surface area (Å²) in [4.78, 5) is 4.34. The molecule has 0 aliphatic carbocycles. The van der Waals surface area contributed by atoms with E-state index in [1.54, 1.807) is 0 Å². The fourth-order valence-corrected chi connectivity index (χ4v) is 2.05. The van der Waals surface area contributed by atoms with Crippen molar-refractivity contribution in [1.82, 2.24) is 10.1 Å². The molecular weight excluding hydrogens is 232 g/mol. The molecule has 1 aliphatic heterocycles. The summed E-state index contributed by atoms with van der Waals surface area (Å²) in [7, 11) is 0. The number of hydrogen-bond donors (Lipinski definition) is 1. The molecule has 94 valence electrons. The van der Waals surface area contributed by atoms with Crippen LogP contribution < -0.4 is 0 Å². The fourth-order valence-electron chi connectivity index (χ4n) is 2.05. The maximum atomic E-state index is 9.89. The molecule has 1 saturated heterocycles. The van der Waals surface area contributed by atoms with Gasteiger partial charge in [-0.1, -0.05) is 35.5 Å². The summed E-state index contributed by atoms with van der Waals surface area (Å²) in [6, 6.07) is 9.61. The zero-order valence-corrected chi connectivity index (χ0v) is 9.82. The second kappa shape index (κ2) is 4.88. The Hall–Kier alpha value is -1.72. The number of aliphatic hydroxyl groups is 1. The van der Waals surface area contributed by atoms with Crippen LogP contribution in [0.2, 0.25) is 0 Å². The van der Waals surface area contributed by atoms with E-state index in [4.69, 9.17) is 9.26 Å². The summed E-state index contributed by atoms with van der Waals surface area (Å²) in [5.74, 6) is 0.771. The van der Waals surface area contributed by atoms with Gasteiger partial charge in [-0.3, -0.25) is 0 Å². The molecule has 0 saturated carbocycles. The Kier molecular flexibility index (Phi) is 3.08. The standard InChI is InChI=1S/C13H14N2O3/c16-11-6-7-17-8-10(11)13-14-12(15-18-13)9-4-2-1-3-5-9/h1-5,10-11,16H,6-8H2. The van der Waals surface area contributed by atoms with Gasteiger partial charge in [-0.2, -0.15) is 4.98 Å².